The molecule has 0 bridgehead atoms. The molecule has 0 N–H and O–H groups in total. The third kappa shape index (κ3) is 4.14. The van der Waals surface area contributed by atoms with Crippen LogP contribution in [0.5, 0.6) is 0 Å². The Morgan fingerprint density at radius 1 is 1.03 bits per heavy atom. The third-order valence-electron chi connectivity index (χ3n) is 4.74. The highest BCUT2D eigenvalue weighted by molar-refractivity contribution is 7.89. The number of aldehydes is 1. The molecule has 2 aromatic rings. The third-order valence-corrected chi connectivity index (χ3v) is 6.72. The zero-order valence-corrected chi connectivity index (χ0v) is 16.2. The molecule has 1 aliphatic rings. The molecule has 0 spiro atoms. The Balaban J connectivity index is 1.84. The number of alkyl halides is 3. The van der Waals surface area contributed by atoms with Gasteiger partial charge in [-0.05, 0) is 18.2 Å². The van der Waals surface area contributed by atoms with E-state index in [1.165, 1.54) is 29.2 Å². The fourth-order valence-electron chi connectivity index (χ4n) is 3.23. The van der Waals surface area contributed by atoms with E-state index in [-0.39, 0.29) is 42.3 Å². The van der Waals surface area contributed by atoms with Crippen LogP contribution in [-0.4, -0.2) is 50.1 Å². The standard InChI is InChI=1S/C18H16F3N3O5S/c19-18(20,21)14-5-6-15(16(11-14)24(26)27)22-7-9-23(10-8-22)30(28,29)17-4-2-1-3-13(17)12-25/h1-6,11-12H,7-10H2. The van der Waals surface area contributed by atoms with Crippen molar-refractivity contribution in [3.8, 4) is 0 Å². The van der Waals surface area contributed by atoms with Gasteiger partial charge < -0.3 is 4.90 Å². The molecule has 0 saturated carbocycles. The highest BCUT2D eigenvalue weighted by Gasteiger charge is 2.35. The molecule has 0 aliphatic carbocycles. The van der Waals surface area contributed by atoms with Crippen molar-refractivity contribution in [3.05, 3.63) is 63.7 Å². The van der Waals surface area contributed by atoms with E-state index in [9.17, 15) is 36.5 Å². The Morgan fingerprint density at radius 3 is 2.23 bits per heavy atom. The Morgan fingerprint density at radius 2 is 1.67 bits per heavy atom. The van der Waals surface area contributed by atoms with Crippen molar-refractivity contribution in [1.82, 2.24) is 4.31 Å². The summed E-state index contributed by atoms with van der Waals surface area (Å²) in [4.78, 5) is 22.9. The van der Waals surface area contributed by atoms with Crippen LogP contribution in [0, 0.1) is 10.1 Å². The lowest BCUT2D eigenvalue weighted by atomic mass is 10.1. The van der Waals surface area contributed by atoms with E-state index >= 15 is 0 Å². The molecule has 160 valence electrons. The number of nitro benzene ring substituents is 1. The van der Waals surface area contributed by atoms with Crippen LogP contribution in [0.2, 0.25) is 0 Å². The lowest BCUT2D eigenvalue weighted by Gasteiger charge is -2.35. The number of rotatable bonds is 5. The Labute approximate surface area is 169 Å². The predicted octanol–water partition coefficient (Wildman–Crippen LogP) is 2.94. The predicted molar refractivity (Wildman–Crippen MR) is 101 cm³/mol. The van der Waals surface area contributed by atoms with Gasteiger partial charge in [-0.25, -0.2) is 8.42 Å². The smallest absolute Gasteiger partial charge is 0.363 e. The summed E-state index contributed by atoms with van der Waals surface area (Å²) in [6, 6.07) is 7.96. The summed E-state index contributed by atoms with van der Waals surface area (Å²) in [5.41, 5.74) is -1.84. The van der Waals surface area contributed by atoms with Gasteiger partial charge in [0.25, 0.3) is 5.69 Å². The summed E-state index contributed by atoms with van der Waals surface area (Å²) in [5, 5.41) is 11.3. The van der Waals surface area contributed by atoms with E-state index in [1.807, 2.05) is 0 Å². The Bertz CT molecular complexity index is 1080. The molecule has 2 aromatic carbocycles. The van der Waals surface area contributed by atoms with Gasteiger partial charge in [0.1, 0.15) is 5.69 Å². The molecule has 0 atom stereocenters. The number of nitro groups is 1. The number of sulfonamides is 1. The molecular formula is C18H16F3N3O5S. The number of hydrogen-bond donors (Lipinski definition) is 0. The van der Waals surface area contributed by atoms with Gasteiger partial charge in [-0.1, -0.05) is 18.2 Å². The van der Waals surface area contributed by atoms with Crippen LogP contribution in [0.3, 0.4) is 0 Å². The summed E-state index contributed by atoms with van der Waals surface area (Å²) in [6.07, 6.45) is -4.28. The number of piperazine rings is 1. The van der Waals surface area contributed by atoms with Gasteiger partial charge in [-0.2, -0.15) is 17.5 Å². The van der Waals surface area contributed by atoms with E-state index in [0.717, 1.165) is 16.4 Å². The van der Waals surface area contributed by atoms with Crippen LogP contribution in [0.4, 0.5) is 24.5 Å². The minimum atomic E-state index is -4.72. The average molecular weight is 443 g/mol. The summed E-state index contributed by atoms with van der Waals surface area (Å²) in [7, 11) is -3.97. The molecular weight excluding hydrogens is 427 g/mol. The first-order valence-corrected chi connectivity index (χ1v) is 10.1. The minimum Gasteiger partial charge on any atom is -0.363 e. The van der Waals surface area contributed by atoms with Crippen molar-refractivity contribution >= 4 is 27.7 Å². The topological polar surface area (TPSA) is 101 Å². The number of nitrogens with zero attached hydrogens (tertiary/aromatic N) is 3. The summed E-state index contributed by atoms with van der Waals surface area (Å²) < 4.78 is 65.5. The maximum atomic E-state index is 12.9. The van der Waals surface area contributed by atoms with E-state index < -0.39 is 32.4 Å². The summed E-state index contributed by atoms with van der Waals surface area (Å²) in [6.45, 7) is -0.0230. The van der Waals surface area contributed by atoms with E-state index in [1.54, 1.807) is 0 Å². The van der Waals surface area contributed by atoms with Gasteiger partial charge in [0, 0.05) is 37.8 Å². The lowest BCUT2D eigenvalue weighted by molar-refractivity contribution is -0.384. The van der Waals surface area contributed by atoms with Crippen LogP contribution < -0.4 is 4.90 Å². The van der Waals surface area contributed by atoms with Gasteiger partial charge in [0.05, 0.1) is 15.4 Å². The first-order valence-electron chi connectivity index (χ1n) is 8.70. The number of carbonyl (C=O) groups excluding carboxylic acids is 1. The number of benzene rings is 2. The molecule has 0 aromatic heterocycles. The van der Waals surface area contributed by atoms with Crippen molar-refractivity contribution in [1.29, 1.82) is 0 Å². The van der Waals surface area contributed by atoms with Gasteiger partial charge >= 0.3 is 6.18 Å². The first kappa shape index (κ1) is 21.7. The van der Waals surface area contributed by atoms with Gasteiger partial charge in [0.2, 0.25) is 10.0 Å². The molecule has 1 heterocycles. The first-order chi connectivity index (χ1) is 14.1. The molecule has 1 fully saturated rings. The lowest BCUT2D eigenvalue weighted by Crippen LogP contribution is -2.49. The average Bonchev–Trinajstić information content (AvgIpc) is 2.72. The van der Waals surface area contributed by atoms with E-state index in [2.05, 4.69) is 0 Å². The maximum Gasteiger partial charge on any atom is 0.416 e. The molecule has 30 heavy (non-hydrogen) atoms. The Kier molecular flexibility index (Phi) is 5.81. The quantitative estimate of drug-likeness (QED) is 0.400. The second-order valence-corrected chi connectivity index (χ2v) is 8.41. The van der Waals surface area contributed by atoms with E-state index in [4.69, 9.17) is 0 Å². The SMILES string of the molecule is O=Cc1ccccc1S(=O)(=O)N1CCN(c2ccc(C(F)(F)F)cc2[N+](=O)[O-])CC1. The van der Waals surface area contributed by atoms with E-state index in [0.29, 0.717) is 12.4 Å². The minimum absolute atomic E-state index is 0.0123. The second kappa shape index (κ2) is 8.03. The molecule has 3 rings (SSSR count). The second-order valence-electron chi connectivity index (χ2n) is 6.51. The van der Waals surface area contributed by atoms with Crippen LogP contribution >= 0.6 is 0 Å². The van der Waals surface area contributed by atoms with Crippen molar-refractivity contribution in [3.63, 3.8) is 0 Å². The van der Waals surface area contributed by atoms with Crippen LogP contribution in [0.1, 0.15) is 15.9 Å². The van der Waals surface area contributed by atoms with Gasteiger partial charge in [0.15, 0.2) is 6.29 Å². The normalized spacial score (nSPS) is 15.8. The number of anilines is 1. The number of hydrogen-bond acceptors (Lipinski definition) is 6. The van der Waals surface area contributed by atoms with Gasteiger partial charge in [-0.15, -0.1) is 0 Å². The molecule has 0 unspecified atom stereocenters. The molecule has 0 radical (unpaired) electrons. The number of halogens is 3. The fourth-order valence-corrected chi connectivity index (χ4v) is 4.82. The highest BCUT2D eigenvalue weighted by Crippen LogP contribution is 2.37. The maximum absolute atomic E-state index is 12.9. The zero-order chi connectivity index (χ0) is 22.1. The molecule has 1 saturated heterocycles. The van der Waals surface area contributed by atoms with Crippen LogP contribution in [-0.2, 0) is 16.2 Å². The zero-order valence-electron chi connectivity index (χ0n) is 15.4. The fraction of sp³-hybridized carbons (Fsp3) is 0.278. The summed E-state index contributed by atoms with van der Waals surface area (Å²) in [5.74, 6) is 0. The Hall–Kier alpha value is -2.99. The van der Waals surface area contributed by atoms with Gasteiger partial charge in [-0.3, -0.25) is 14.9 Å². The molecule has 1 aliphatic heterocycles. The number of carbonyl (C=O) groups is 1. The monoisotopic (exact) mass is 443 g/mol. The van der Waals surface area contributed by atoms with Crippen LogP contribution in [0.15, 0.2) is 47.4 Å². The summed E-state index contributed by atoms with van der Waals surface area (Å²) >= 11 is 0. The van der Waals surface area contributed by atoms with Crippen LogP contribution in [0.25, 0.3) is 0 Å². The molecule has 0 amide bonds. The molecule has 8 nitrogen and oxygen atoms in total. The van der Waals surface area contributed by atoms with Crippen molar-refractivity contribution in [2.24, 2.45) is 0 Å². The largest absolute Gasteiger partial charge is 0.416 e. The van der Waals surface area contributed by atoms with Crippen molar-refractivity contribution < 1.29 is 31.3 Å². The van der Waals surface area contributed by atoms with Crippen molar-refractivity contribution in [2.75, 3.05) is 31.1 Å². The van der Waals surface area contributed by atoms with Crippen molar-refractivity contribution in [2.45, 2.75) is 11.1 Å². The molecule has 12 heteroatoms. The highest BCUT2D eigenvalue weighted by atomic mass is 32.2.